The number of para-hydroxylation sites is 8. The third kappa shape index (κ3) is 16.4. The summed E-state index contributed by atoms with van der Waals surface area (Å²) in [5, 5.41) is 15.8. The Labute approximate surface area is 869 Å². The number of nitrogens with zero attached hydrogens (tertiary/aromatic N) is 6. The van der Waals surface area contributed by atoms with E-state index < -0.39 is 0 Å². The van der Waals surface area contributed by atoms with Crippen LogP contribution in [0.5, 0.6) is 0 Å². The molecule has 0 saturated heterocycles. The van der Waals surface area contributed by atoms with Crippen LogP contribution in [0.25, 0.3) is 196 Å². The summed E-state index contributed by atoms with van der Waals surface area (Å²) in [5.41, 5.74) is 33.2. The standard InChI is InChI=1S/2C48H32N2Se.C42H28N2Se/c1-3-13-34(14-4-1)39-17-7-10-20-44(39)49(37-26-23-33(24-27-37)35-25-29-42-41-19-9-12-22-47(41)51-48(42)31-35)38-28-30-46-43(32-38)40-18-8-11-21-45(40)50(46)36-15-5-2-6-16-36;1-3-11-33(12-4-1)34-19-24-38(25-20-34)49(39-26-21-35(22-27-39)36-23-29-43-42-16-8-10-18-47(42)51-48(43)31-36)40-28-30-46-44(32-40)41-15-7-9-17-45(41)50(46)37-13-5-2-6-14-37;1-3-11-31(12-4-1)43(33-22-19-29(20-23-33)30-21-25-37-36-16-8-10-18-41(36)45-42(37)27-30)34-24-26-40-38(28-34)35-15-7-9-17-39(35)44(40)32-13-5-2-6-14-32/h2*1-32H;1-28H. The van der Waals surface area contributed by atoms with Gasteiger partial charge >= 0.3 is 612 Å². The van der Waals surface area contributed by atoms with Gasteiger partial charge in [0, 0.05) is 17.1 Å². The maximum atomic E-state index is 2.42. The van der Waals surface area contributed by atoms with Crippen LogP contribution in [0.2, 0.25) is 0 Å². The molecular formula is C138H92N6Se3. The SMILES string of the molecule is c1ccc(-c2ccc(N(c3ccc(-c4ccc5c(c4)[se]c4ccccc45)cc3)c3ccc4c(c3)c3ccccc3n4-c3ccccc3)cc2)cc1.c1ccc(-c2ccccc2N(c2ccc(-c3ccc4c(c3)[se]c3ccccc34)cc2)c2ccc3c(c2)c2ccccc2n3-c2ccccc2)cc1.c1ccc(N(c2ccc(-c3ccc4c(c3)[se]c3ccccc34)cc2)c2ccc3c(c2)c2ccccc2n3-c2ccccc2)cc1. The summed E-state index contributed by atoms with van der Waals surface area (Å²) in [6, 6.07) is 203. The molecule has 0 amide bonds. The van der Waals surface area contributed by atoms with E-state index >= 15 is 0 Å². The summed E-state index contributed by atoms with van der Waals surface area (Å²) < 4.78 is 16.0. The summed E-state index contributed by atoms with van der Waals surface area (Å²) in [6.45, 7) is 0. The van der Waals surface area contributed by atoms with Crippen LogP contribution in [0.1, 0.15) is 0 Å². The normalized spacial score (nSPS) is 11.5. The Morgan fingerprint density at radius 1 is 0.129 bits per heavy atom. The predicted octanol–water partition coefficient (Wildman–Crippen LogP) is 37.2. The average molecular weight is 2070 g/mol. The summed E-state index contributed by atoms with van der Waals surface area (Å²) in [4.78, 5) is 7.16. The first-order valence-electron chi connectivity index (χ1n) is 50.0. The van der Waals surface area contributed by atoms with Crippen LogP contribution in [0.3, 0.4) is 0 Å². The molecule has 0 saturated carbocycles. The molecule has 6 nitrogen and oxygen atoms in total. The number of aromatic nitrogens is 3. The summed E-state index contributed by atoms with van der Waals surface area (Å²) in [7, 11) is 0. The molecule has 0 radical (unpaired) electrons. The van der Waals surface area contributed by atoms with Crippen LogP contribution in [0.4, 0.5) is 51.2 Å². The van der Waals surface area contributed by atoms with Gasteiger partial charge in [-0.1, -0.05) is 158 Å². The number of benzene rings is 23. The van der Waals surface area contributed by atoms with Crippen molar-refractivity contribution in [1.29, 1.82) is 0 Å². The third-order valence-electron chi connectivity index (χ3n) is 28.8. The number of hydrogen-bond acceptors (Lipinski definition) is 3. The van der Waals surface area contributed by atoms with Gasteiger partial charge in [-0.3, -0.25) is 0 Å². The molecule has 0 bridgehead atoms. The predicted molar refractivity (Wildman–Crippen MR) is 629 cm³/mol. The van der Waals surface area contributed by atoms with Crippen molar-refractivity contribution in [1.82, 2.24) is 13.7 Å². The van der Waals surface area contributed by atoms with Gasteiger partial charge in [0.1, 0.15) is 0 Å². The van der Waals surface area contributed by atoms with Gasteiger partial charge in [-0.05, 0) is 60.2 Å². The molecule has 0 spiro atoms. The minimum atomic E-state index is 0.335. The molecule has 147 heavy (non-hydrogen) atoms. The van der Waals surface area contributed by atoms with Crippen molar-refractivity contribution in [2.75, 3.05) is 14.7 Å². The Hall–Kier alpha value is -17.6. The van der Waals surface area contributed by atoms with Crippen molar-refractivity contribution < 1.29 is 0 Å². The van der Waals surface area contributed by atoms with Gasteiger partial charge in [-0.25, -0.2) is 0 Å². The fourth-order valence-corrected chi connectivity index (χ4v) is 29.1. The van der Waals surface area contributed by atoms with Crippen molar-refractivity contribution in [2.45, 2.75) is 0 Å². The third-order valence-corrected chi connectivity index (χ3v) is 35.9. The molecule has 0 aliphatic rings. The second-order valence-electron chi connectivity index (χ2n) is 37.4. The van der Waals surface area contributed by atoms with E-state index in [9.17, 15) is 0 Å². The van der Waals surface area contributed by atoms with Gasteiger partial charge in [0.05, 0.1) is 16.6 Å². The molecule has 692 valence electrons. The summed E-state index contributed by atoms with van der Waals surface area (Å²) >= 11 is 1.03. The van der Waals surface area contributed by atoms with E-state index in [0.29, 0.717) is 43.5 Å². The second-order valence-corrected chi connectivity index (χ2v) is 44.2. The number of anilines is 9. The number of rotatable bonds is 17. The molecule has 0 N–H and O–H groups in total. The zero-order chi connectivity index (χ0) is 97.2. The van der Waals surface area contributed by atoms with Crippen molar-refractivity contribution >= 4 is 218 Å². The van der Waals surface area contributed by atoms with Crippen LogP contribution in [0, 0.1) is 0 Å². The first kappa shape index (κ1) is 88.4. The van der Waals surface area contributed by atoms with E-state index in [-0.39, 0.29) is 0 Å². The first-order valence-corrected chi connectivity index (χ1v) is 55.1. The summed E-state index contributed by atoms with van der Waals surface area (Å²) in [5.74, 6) is 0. The Kier molecular flexibility index (Phi) is 23.0. The van der Waals surface area contributed by atoms with E-state index in [1.807, 2.05) is 0 Å². The number of hydrogen-bond donors (Lipinski definition) is 0. The molecule has 0 aliphatic heterocycles. The maximum absolute atomic E-state index is 2.42. The van der Waals surface area contributed by atoms with Gasteiger partial charge in [0.2, 0.25) is 0 Å². The fourth-order valence-electron chi connectivity index (χ4n) is 21.9. The molecule has 9 heteroatoms. The van der Waals surface area contributed by atoms with Crippen LogP contribution >= 0.6 is 0 Å². The fraction of sp³-hybridized carbons (Fsp3) is 0. The summed E-state index contributed by atoms with van der Waals surface area (Å²) in [6.07, 6.45) is 0. The first-order chi connectivity index (χ1) is 72.9. The Morgan fingerprint density at radius 3 is 0.714 bits per heavy atom. The van der Waals surface area contributed by atoms with E-state index in [1.165, 1.54) is 185 Å². The van der Waals surface area contributed by atoms with E-state index in [2.05, 4.69) is 587 Å². The van der Waals surface area contributed by atoms with Crippen molar-refractivity contribution in [2.24, 2.45) is 0 Å². The Balaban J connectivity index is 0.000000109. The molecule has 29 aromatic rings. The average Bonchev–Trinajstić information content (AvgIpc) is 1.52. The molecule has 6 heterocycles. The topological polar surface area (TPSA) is 24.5 Å². The monoisotopic (exact) mass is 2070 g/mol. The van der Waals surface area contributed by atoms with E-state index in [0.717, 1.165) is 62.6 Å². The molecular weight excluding hydrogens is 1980 g/mol. The van der Waals surface area contributed by atoms with E-state index in [1.54, 1.807) is 0 Å². The van der Waals surface area contributed by atoms with Crippen LogP contribution in [-0.4, -0.2) is 57.2 Å². The van der Waals surface area contributed by atoms with Gasteiger partial charge in [-0.15, -0.1) is 0 Å². The molecule has 0 fully saturated rings. The molecule has 0 atom stereocenters. The Morgan fingerprint density at radius 2 is 0.361 bits per heavy atom. The molecule has 23 aromatic carbocycles. The van der Waals surface area contributed by atoms with Gasteiger partial charge < -0.3 is 13.7 Å². The Bertz CT molecular complexity index is 9970. The molecule has 0 unspecified atom stereocenters. The van der Waals surface area contributed by atoms with Gasteiger partial charge in [0.15, 0.2) is 0 Å². The second kappa shape index (κ2) is 38.3. The van der Waals surface area contributed by atoms with Crippen LogP contribution in [-0.2, 0) is 0 Å². The van der Waals surface area contributed by atoms with E-state index in [4.69, 9.17) is 0 Å². The van der Waals surface area contributed by atoms with Gasteiger partial charge in [0.25, 0.3) is 0 Å². The van der Waals surface area contributed by atoms with Crippen molar-refractivity contribution in [3.8, 4) is 72.7 Å². The number of fused-ring (bicyclic) bond motifs is 18. The van der Waals surface area contributed by atoms with Crippen LogP contribution < -0.4 is 14.7 Å². The van der Waals surface area contributed by atoms with Crippen molar-refractivity contribution in [3.05, 3.63) is 558 Å². The zero-order valence-corrected chi connectivity index (χ0v) is 85.2. The zero-order valence-electron chi connectivity index (χ0n) is 80.0. The van der Waals surface area contributed by atoms with Crippen LogP contribution in [0.15, 0.2) is 558 Å². The molecule has 29 rings (SSSR count). The van der Waals surface area contributed by atoms with Gasteiger partial charge in [-0.2, -0.15) is 0 Å². The van der Waals surface area contributed by atoms with Crippen molar-refractivity contribution in [3.63, 3.8) is 0 Å². The quantitative estimate of drug-likeness (QED) is 0.0850. The minimum absolute atomic E-state index is 0.335. The molecule has 0 aliphatic carbocycles. The molecule has 6 aromatic heterocycles.